The van der Waals surface area contributed by atoms with Gasteiger partial charge in [-0.25, -0.2) is 0 Å². The molecule has 0 unspecified atom stereocenters. The number of nitrogens with zero attached hydrogens (tertiary/aromatic N) is 4. The zero-order chi connectivity index (χ0) is 10.7. The Hall–Kier alpha value is -1.69. The van der Waals surface area contributed by atoms with Gasteiger partial charge in [0.15, 0.2) is 0 Å². The van der Waals surface area contributed by atoms with Gasteiger partial charge in [0, 0.05) is 37.5 Å². The first kappa shape index (κ1) is 9.85. The van der Waals surface area contributed by atoms with E-state index in [2.05, 4.69) is 14.3 Å². The van der Waals surface area contributed by atoms with Crippen LogP contribution < -0.4 is 10.6 Å². The number of pyridine rings is 1. The Morgan fingerprint density at radius 3 is 3.00 bits per heavy atom. The summed E-state index contributed by atoms with van der Waals surface area (Å²) in [4.78, 5) is 10.1. The molecule has 5 nitrogen and oxygen atoms in total. The van der Waals surface area contributed by atoms with Crippen molar-refractivity contribution in [3.05, 3.63) is 30.1 Å². The topological polar surface area (TPSA) is 67.9 Å². The molecule has 0 atom stereocenters. The van der Waals surface area contributed by atoms with Crippen LogP contribution in [-0.2, 0) is 6.54 Å². The van der Waals surface area contributed by atoms with Crippen molar-refractivity contribution in [3.63, 3.8) is 0 Å². The van der Waals surface area contributed by atoms with Gasteiger partial charge in [-0.1, -0.05) is 6.07 Å². The molecule has 78 valence electrons. The van der Waals surface area contributed by atoms with Gasteiger partial charge >= 0.3 is 0 Å². The largest absolute Gasteiger partial charge is 0.367 e. The summed E-state index contributed by atoms with van der Waals surface area (Å²) in [6.45, 7) is 0.752. The van der Waals surface area contributed by atoms with Crippen LogP contribution in [0.2, 0.25) is 0 Å². The Morgan fingerprint density at radius 1 is 1.53 bits per heavy atom. The van der Waals surface area contributed by atoms with E-state index in [4.69, 9.17) is 5.73 Å². The summed E-state index contributed by atoms with van der Waals surface area (Å²) in [6, 6.07) is 3.94. The molecule has 0 amide bonds. The minimum absolute atomic E-state index is 0.327. The zero-order valence-electron chi connectivity index (χ0n) is 8.29. The van der Waals surface area contributed by atoms with Gasteiger partial charge in [-0.15, -0.1) is 0 Å². The Kier molecular flexibility index (Phi) is 2.77. The van der Waals surface area contributed by atoms with Crippen LogP contribution in [0.5, 0.6) is 0 Å². The molecule has 0 saturated heterocycles. The van der Waals surface area contributed by atoms with Crippen molar-refractivity contribution in [1.29, 1.82) is 0 Å². The summed E-state index contributed by atoms with van der Waals surface area (Å²) < 4.78 is 3.93. The van der Waals surface area contributed by atoms with Crippen LogP contribution in [0.25, 0.3) is 0 Å². The fraction of sp³-hybridized carbons (Fsp3) is 0.222. The molecule has 0 saturated carbocycles. The van der Waals surface area contributed by atoms with E-state index in [1.165, 1.54) is 11.5 Å². The standard InChI is InChI=1S/C9H11N5S/c1-14(9-12-8(10)13-15-9)6-7-3-2-4-11-5-7/h2-5H,6H2,1H3,(H2,10,13). The van der Waals surface area contributed by atoms with Crippen LogP contribution >= 0.6 is 11.5 Å². The van der Waals surface area contributed by atoms with Crippen LogP contribution in [0.3, 0.4) is 0 Å². The molecule has 0 bridgehead atoms. The lowest BCUT2D eigenvalue weighted by molar-refractivity contribution is 0.908. The average Bonchev–Trinajstić information content (AvgIpc) is 2.66. The molecule has 0 aliphatic carbocycles. The molecule has 0 spiro atoms. The number of nitrogen functional groups attached to an aromatic ring is 1. The maximum atomic E-state index is 5.46. The summed E-state index contributed by atoms with van der Waals surface area (Å²) in [5.74, 6) is 0.327. The maximum Gasteiger partial charge on any atom is 0.233 e. The maximum absolute atomic E-state index is 5.46. The normalized spacial score (nSPS) is 10.2. The highest BCUT2D eigenvalue weighted by Gasteiger charge is 2.07. The van der Waals surface area contributed by atoms with Crippen molar-refractivity contribution in [2.75, 3.05) is 17.7 Å². The molecule has 0 aliphatic heterocycles. The molecule has 0 fully saturated rings. The summed E-state index contributed by atoms with van der Waals surface area (Å²) >= 11 is 1.30. The van der Waals surface area contributed by atoms with E-state index < -0.39 is 0 Å². The highest BCUT2D eigenvalue weighted by Crippen LogP contribution is 2.18. The number of hydrogen-bond donors (Lipinski definition) is 1. The molecule has 2 N–H and O–H groups in total. The average molecular weight is 221 g/mol. The Bertz CT molecular complexity index is 427. The molecule has 0 aliphatic rings. The molecule has 2 heterocycles. The molecule has 2 aromatic rings. The van der Waals surface area contributed by atoms with E-state index in [0.717, 1.165) is 17.2 Å². The van der Waals surface area contributed by atoms with Crippen molar-refractivity contribution < 1.29 is 0 Å². The van der Waals surface area contributed by atoms with Gasteiger partial charge < -0.3 is 10.6 Å². The first-order valence-corrected chi connectivity index (χ1v) is 5.22. The van der Waals surface area contributed by atoms with Gasteiger partial charge in [-0.2, -0.15) is 9.36 Å². The van der Waals surface area contributed by atoms with E-state index in [1.54, 1.807) is 6.20 Å². The third kappa shape index (κ3) is 2.41. The molecule has 0 aromatic carbocycles. The Labute approximate surface area is 91.8 Å². The van der Waals surface area contributed by atoms with E-state index in [1.807, 2.05) is 30.3 Å². The predicted molar refractivity (Wildman–Crippen MR) is 60.7 cm³/mol. The highest BCUT2D eigenvalue weighted by atomic mass is 32.1. The van der Waals surface area contributed by atoms with Gasteiger partial charge in [0.25, 0.3) is 0 Å². The molecular weight excluding hydrogens is 210 g/mol. The Balaban J connectivity index is 2.07. The summed E-state index contributed by atoms with van der Waals surface area (Å²) in [5, 5.41) is 0.816. The molecule has 6 heteroatoms. The molecule has 2 aromatic heterocycles. The van der Waals surface area contributed by atoms with Gasteiger partial charge in [0.2, 0.25) is 11.1 Å². The van der Waals surface area contributed by atoms with Crippen molar-refractivity contribution in [1.82, 2.24) is 14.3 Å². The molecular formula is C9H11N5S. The van der Waals surface area contributed by atoms with Crippen molar-refractivity contribution in [2.24, 2.45) is 0 Å². The third-order valence-electron chi connectivity index (χ3n) is 1.90. The second-order valence-corrected chi connectivity index (χ2v) is 3.88. The minimum atomic E-state index is 0.327. The second-order valence-electron chi connectivity index (χ2n) is 3.15. The fourth-order valence-electron chi connectivity index (χ4n) is 1.21. The molecule has 2 rings (SSSR count). The van der Waals surface area contributed by atoms with Gasteiger partial charge in [-0.05, 0) is 11.6 Å². The first-order chi connectivity index (χ1) is 7.25. The highest BCUT2D eigenvalue weighted by molar-refractivity contribution is 7.09. The minimum Gasteiger partial charge on any atom is -0.367 e. The summed E-state index contributed by atoms with van der Waals surface area (Å²) in [7, 11) is 1.95. The first-order valence-electron chi connectivity index (χ1n) is 4.45. The van der Waals surface area contributed by atoms with Crippen LogP contribution in [-0.4, -0.2) is 21.4 Å². The SMILES string of the molecule is CN(Cc1cccnc1)c1nc(N)ns1. The smallest absolute Gasteiger partial charge is 0.233 e. The molecule has 15 heavy (non-hydrogen) atoms. The van der Waals surface area contributed by atoms with Crippen molar-refractivity contribution in [2.45, 2.75) is 6.54 Å². The second kappa shape index (κ2) is 4.22. The number of hydrogen-bond acceptors (Lipinski definition) is 6. The zero-order valence-corrected chi connectivity index (χ0v) is 9.11. The van der Waals surface area contributed by atoms with Crippen molar-refractivity contribution in [3.8, 4) is 0 Å². The lowest BCUT2D eigenvalue weighted by Crippen LogP contribution is -2.16. The van der Waals surface area contributed by atoms with Crippen LogP contribution in [0.15, 0.2) is 24.5 Å². The van der Waals surface area contributed by atoms with Crippen LogP contribution in [0.1, 0.15) is 5.56 Å². The van der Waals surface area contributed by atoms with E-state index >= 15 is 0 Å². The van der Waals surface area contributed by atoms with Gasteiger partial charge in [0.1, 0.15) is 0 Å². The quantitative estimate of drug-likeness (QED) is 0.842. The Morgan fingerprint density at radius 2 is 2.40 bits per heavy atom. The van der Waals surface area contributed by atoms with Crippen LogP contribution in [0.4, 0.5) is 11.1 Å². The predicted octanol–water partition coefficient (Wildman–Crippen LogP) is 1.15. The van der Waals surface area contributed by atoms with Crippen molar-refractivity contribution >= 4 is 22.6 Å². The third-order valence-corrected chi connectivity index (χ3v) is 2.74. The number of nitrogens with two attached hydrogens (primary N) is 1. The summed E-state index contributed by atoms with van der Waals surface area (Å²) in [5.41, 5.74) is 6.59. The van der Waals surface area contributed by atoms with Gasteiger partial charge in [-0.3, -0.25) is 4.98 Å². The molecule has 0 radical (unpaired) electrons. The van der Waals surface area contributed by atoms with E-state index in [0.29, 0.717) is 5.95 Å². The number of anilines is 2. The monoisotopic (exact) mass is 221 g/mol. The summed E-state index contributed by atoms with van der Waals surface area (Å²) in [6.07, 6.45) is 3.59. The van der Waals surface area contributed by atoms with Gasteiger partial charge in [0.05, 0.1) is 0 Å². The van der Waals surface area contributed by atoms with Crippen LogP contribution in [0, 0.1) is 0 Å². The van der Waals surface area contributed by atoms with E-state index in [9.17, 15) is 0 Å². The number of aromatic nitrogens is 3. The van der Waals surface area contributed by atoms with E-state index in [-0.39, 0.29) is 0 Å². The lowest BCUT2D eigenvalue weighted by atomic mass is 10.3. The number of rotatable bonds is 3. The lowest BCUT2D eigenvalue weighted by Gasteiger charge is -2.14. The fourth-order valence-corrected chi connectivity index (χ4v) is 1.77.